The van der Waals surface area contributed by atoms with Crippen molar-refractivity contribution in [3.63, 3.8) is 0 Å². The Balaban J connectivity index is 1.28. The number of carbonyl (C=O) groups is 1. The van der Waals surface area contributed by atoms with E-state index in [0.29, 0.717) is 5.75 Å². The van der Waals surface area contributed by atoms with Crippen LogP contribution in [0.5, 0.6) is 5.75 Å². The zero-order chi connectivity index (χ0) is 22.3. The van der Waals surface area contributed by atoms with Gasteiger partial charge in [-0.1, -0.05) is 38.1 Å². The van der Waals surface area contributed by atoms with E-state index in [1.807, 2.05) is 26.0 Å². The van der Waals surface area contributed by atoms with Crippen LogP contribution in [0.3, 0.4) is 0 Å². The molecule has 0 saturated carbocycles. The quantitative estimate of drug-likeness (QED) is 0.668. The van der Waals surface area contributed by atoms with E-state index in [1.54, 1.807) is 6.20 Å². The lowest BCUT2D eigenvalue weighted by atomic mass is 10.1. The monoisotopic (exact) mass is 437 g/mol. The molecule has 1 N–H and O–H groups in total. The molecule has 0 unspecified atom stereocenters. The molecule has 1 aromatic heterocycles. The molecule has 0 amide bonds. The largest absolute Gasteiger partial charge is 0.422 e. The van der Waals surface area contributed by atoms with Crippen LogP contribution in [0.25, 0.3) is 0 Å². The van der Waals surface area contributed by atoms with Gasteiger partial charge >= 0.3 is 5.97 Å². The summed E-state index contributed by atoms with van der Waals surface area (Å²) in [6, 6.07) is 12.7. The van der Waals surface area contributed by atoms with Gasteiger partial charge in [-0.3, -0.25) is 14.6 Å². The molecule has 4 rings (SSSR count). The van der Waals surface area contributed by atoms with Crippen LogP contribution >= 0.6 is 0 Å². The van der Waals surface area contributed by atoms with Gasteiger partial charge < -0.3 is 15.0 Å². The number of aromatic nitrogens is 1. The Kier molecular flexibility index (Phi) is 7.73. The minimum atomic E-state index is -0.224. The first-order valence-electron chi connectivity index (χ1n) is 11.7. The standard InChI is InChI=1S/C25H35N5O2/c1-20(2)25(31)32-23-4-3-9-27-24(23)30-16-14-29(15-17-30)19-22-7-5-21(6-8-22)18-28-12-10-26-11-13-28/h3-9,20,26H,10-19H2,1-2H3. The van der Waals surface area contributed by atoms with Gasteiger partial charge in [0.2, 0.25) is 0 Å². The van der Waals surface area contributed by atoms with Crippen LogP contribution in [0.1, 0.15) is 25.0 Å². The number of ether oxygens (including phenoxy) is 1. The van der Waals surface area contributed by atoms with Gasteiger partial charge in [-0.15, -0.1) is 0 Å². The van der Waals surface area contributed by atoms with Crippen molar-refractivity contribution in [2.24, 2.45) is 5.92 Å². The summed E-state index contributed by atoms with van der Waals surface area (Å²) in [4.78, 5) is 23.8. The zero-order valence-electron chi connectivity index (χ0n) is 19.3. The van der Waals surface area contributed by atoms with Crippen LogP contribution in [-0.2, 0) is 17.9 Å². The molecule has 0 atom stereocenters. The highest BCUT2D eigenvalue weighted by molar-refractivity contribution is 5.76. The summed E-state index contributed by atoms with van der Waals surface area (Å²) < 4.78 is 5.58. The number of hydrogen-bond donors (Lipinski definition) is 1. The third-order valence-corrected chi connectivity index (χ3v) is 6.15. The Morgan fingerprint density at radius 3 is 2.12 bits per heavy atom. The predicted molar refractivity (Wildman–Crippen MR) is 127 cm³/mol. The van der Waals surface area contributed by atoms with E-state index in [4.69, 9.17) is 4.74 Å². The minimum absolute atomic E-state index is 0.164. The summed E-state index contributed by atoms with van der Waals surface area (Å²) >= 11 is 0. The van der Waals surface area contributed by atoms with Crippen molar-refractivity contribution in [1.82, 2.24) is 20.1 Å². The number of pyridine rings is 1. The molecular formula is C25H35N5O2. The number of nitrogens with zero attached hydrogens (tertiary/aromatic N) is 4. The molecule has 3 heterocycles. The summed E-state index contributed by atoms with van der Waals surface area (Å²) in [6.45, 7) is 13.7. The van der Waals surface area contributed by atoms with Crippen LogP contribution in [0.15, 0.2) is 42.6 Å². The third-order valence-electron chi connectivity index (χ3n) is 6.15. The summed E-state index contributed by atoms with van der Waals surface area (Å²) in [5, 5.41) is 3.41. The van der Waals surface area contributed by atoms with Gasteiger partial charge in [0.1, 0.15) is 0 Å². The first-order chi connectivity index (χ1) is 15.6. The maximum Gasteiger partial charge on any atom is 0.313 e. The molecule has 172 valence electrons. The molecule has 0 aliphatic carbocycles. The molecule has 32 heavy (non-hydrogen) atoms. The summed E-state index contributed by atoms with van der Waals surface area (Å²) in [6.07, 6.45) is 1.76. The summed E-state index contributed by atoms with van der Waals surface area (Å²) in [5.74, 6) is 0.930. The second-order valence-electron chi connectivity index (χ2n) is 9.01. The van der Waals surface area contributed by atoms with E-state index in [-0.39, 0.29) is 11.9 Å². The Morgan fingerprint density at radius 2 is 1.53 bits per heavy atom. The highest BCUT2D eigenvalue weighted by Gasteiger charge is 2.22. The van der Waals surface area contributed by atoms with Crippen molar-refractivity contribution in [1.29, 1.82) is 0 Å². The first-order valence-corrected chi connectivity index (χ1v) is 11.7. The SMILES string of the molecule is CC(C)C(=O)Oc1cccnc1N1CCN(Cc2ccc(CN3CCNCC3)cc2)CC1. The van der Waals surface area contributed by atoms with E-state index in [2.05, 4.69) is 49.3 Å². The molecular weight excluding hydrogens is 402 g/mol. The number of hydrogen-bond acceptors (Lipinski definition) is 7. The number of carbonyl (C=O) groups excluding carboxylic acids is 1. The number of benzene rings is 1. The molecule has 1 aromatic carbocycles. The minimum Gasteiger partial charge on any atom is -0.422 e. The maximum atomic E-state index is 12.1. The van der Waals surface area contributed by atoms with Gasteiger partial charge in [-0.2, -0.15) is 0 Å². The number of nitrogens with one attached hydrogen (secondary N) is 1. The van der Waals surface area contributed by atoms with Crippen molar-refractivity contribution >= 4 is 11.8 Å². The Morgan fingerprint density at radius 1 is 0.938 bits per heavy atom. The number of piperazine rings is 2. The van der Waals surface area contributed by atoms with Gasteiger partial charge in [-0.05, 0) is 23.3 Å². The molecule has 2 fully saturated rings. The van der Waals surface area contributed by atoms with Crippen molar-refractivity contribution in [2.45, 2.75) is 26.9 Å². The first kappa shape index (κ1) is 22.7. The van der Waals surface area contributed by atoms with Crippen LogP contribution in [-0.4, -0.2) is 73.1 Å². The summed E-state index contributed by atoms with van der Waals surface area (Å²) in [5.41, 5.74) is 2.74. The molecule has 7 nitrogen and oxygen atoms in total. The lowest BCUT2D eigenvalue weighted by Gasteiger charge is -2.36. The molecule has 2 saturated heterocycles. The van der Waals surface area contributed by atoms with Gasteiger partial charge in [0.25, 0.3) is 0 Å². The number of anilines is 1. The summed E-state index contributed by atoms with van der Waals surface area (Å²) in [7, 11) is 0. The second kappa shape index (κ2) is 10.9. The predicted octanol–water partition coefficient (Wildman–Crippen LogP) is 2.37. The van der Waals surface area contributed by atoms with E-state index < -0.39 is 0 Å². The second-order valence-corrected chi connectivity index (χ2v) is 9.01. The fourth-order valence-electron chi connectivity index (χ4n) is 4.18. The van der Waals surface area contributed by atoms with Crippen LogP contribution < -0.4 is 15.0 Å². The lowest BCUT2D eigenvalue weighted by Crippen LogP contribution is -2.46. The fourth-order valence-corrected chi connectivity index (χ4v) is 4.18. The van der Waals surface area contributed by atoms with E-state index in [1.165, 1.54) is 11.1 Å². The van der Waals surface area contributed by atoms with Gasteiger partial charge in [-0.25, -0.2) is 4.98 Å². The highest BCUT2D eigenvalue weighted by Crippen LogP contribution is 2.27. The van der Waals surface area contributed by atoms with Crippen molar-refractivity contribution in [2.75, 3.05) is 57.3 Å². The molecule has 7 heteroatoms. The maximum absolute atomic E-state index is 12.1. The molecule has 0 bridgehead atoms. The molecule has 2 aliphatic heterocycles. The zero-order valence-corrected chi connectivity index (χ0v) is 19.3. The normalized spacial score (nSPS) is 18.2. The molecule has 2 aromatic rings. The Bertz CT molecular complexity index is 872. The topological polar surface area (TPSA) is 60.9 Å². The van der Waals surface area contributed by atoms with E-state index in [0.717, 1.165) is 71.3 Å². The molecule has 0 radical (unpaired) electrons. The smallest absolute Gasteiger partial charge is 0.313 e. The fraction of sp³-hybridized carbons (Fsp3) is 0.520. The molecule has 2 aliphatic rings. The Labute approximate surface area is 191 Å². The lowest BCUT2D eigenvalue weighted by molar-refractivity contribution is -0.137. The van der Waals surface area contributed by atoms with Crippen LogP contribution in [0, 0.1) is 5.92 Å². The van der Waals surface area contributed by atoms with E-state index >= 15 is 0 Å². The van der Waals surface area contributed by atoms with Crippen LogP contribution in [0.4, 0.5) is 5.82 Å². The van der Waals surface area contributed by atoms with Crippen LogP contribution in [0.2, 0.25) is 0 Å². The Hall–Kier alpha value is -2.48. The third kappa shape index (κ3) is 6.06. The van der Waals surface area contributed by atoms with Gasteiger partial charge in [0.05, 0.1) is 5.92 Å². The van der Waals surface area contributed by atoms with Gasteiger partial charge in [0, 0.05) is 71.6 Å². The molecule has 0 spiro atoms. The highest BCUT2D eigenvalue weighted by atomic mass is 16.5. The average Bonchev–Trinajstić information content (AvgIpc) is 2.82. The van der Waals surface area contributed by atoms with E-state index in [9.17, 15) is 4.79 Å². The van der Waals surface area contributed by atoms with Gasteiger partial charge in [0.15, 0.2) is 11.6 Å². The van der Waals surface area contributed by atoms with Crippen molar-refractivity contribution < 1.29 is 9.53 Å². The number of esters is 1. The van der Waals surface area contributed by atoms with Crippen molar-refractivity contribution in [3.05, 3.63) is 53.7 Å². The average molecular weight is 438 g/mol. The number of rotatable bonds is 7. The van der Waals surface area contributed by atoms with Crippen molar-refractivity contribution in [3.8, 4) is 5.75 Å².